The van der Waals surface area contributed by atoms with Crippen LogP contribution < -0.4 is 26.5 Å². The number of ether oxygens (including phenoxy) is 5. The minimum atomic E-state index is -1.95. The maximum Gasteiger partial charge on any atom is 0.338 e. The Hall–Kier alpha value is -7.68. The van der Waals surface area contributed by atoms with Crippen molar-refractivity contribution in [2.75, 3.05) is 40.5 Å². The Bertz CT molecular complexity index is 3750. The number of esters is 4. The molecule has 0 bridgehead atoms. The van der Waals surface area contributed by atoms with Gasteiger partial charge >= 0.3 is 23.9 Å². The van der Waals surface area contributed by atoms with Crippen molar-refractivity contribution >= 4 is 111 Å². The van der Waals surface area contributed by atoms with Gasteiger partial charge in [-0.1, -0.05) is 230 Å². The topological polar surface area (TPSA) is 204 Å². The van der Waals surface area contributed by atoms with Crippen LogP contribution in [0.3, 0.4) is 0 Å². The van der Waals surface area contributed by atoms with Crippen LogP contribution in [0.5, 0.6) is 11.5 Å². The summed E-state index contributed by atoms with van der Waals surface area (Å²) in [6, 6.07) is 47.9. The molecule has 1 heterocycles. The Morgan fingerprint density at radius 2 is 0.905 bits per heavy atom. The molecular weight excluding hydrogens is 1410 g/mol. The van der Waals surface area contributed by atoms with Crippen molar-refractivity contribution in [2.45, 2.75) is 72.6 Å². The predicted molar refractivity (Wildman–Crippen MR) is 367 cm³/mol. The van der Waals surface area contributed by atoms with Crippen molar-refractivity contribution in [1.82, 2.24) is 15.0 Å². The van der Waals surface area contributed by atoms with Crippen molar-refractivity contribution in [3.05, 3.63) is 258 Å². The summed E-state index contributed by atoms with van der Waals surface area (Å²) in [5, 5.41) is 0. The standard InChI is InChI=1S/C21H24NO3.C19H24O4.C17H14O3.C15H9Cl6N3O2.BrH/c1-4-20(23)25-15-14-22(2,3)16-17-10-12-19(13-11-17)21(24)18-8-6-5-7-9-18;1-15(2)18(21)22-13-14-23-19(11-7-4-8-12-19)17(20)16-9-5-3-6-10-16;1-12(2)17(19)20-15-10-8-14(9-11-15)16(18)13-6-4-3-5-7-13;1-7(2)11(25)26-9-5-3-8(4-6-9)10-22-12(14(16,17)18)24-13(23-10)15(19,20)21;/h4-13H,1,14-16H2,2-3H3;3,5-6,9-10H,1,4,7-8,11-14H2,2H3;3-11H,1H2,2H3;3-6H,1H2,2H3;1H/q+1;;;;/p-1. The van der Waals surface area contributed by atoms with Gasteiger partial charge in [-0.3, -0.25) is 14.4 Å². The van der Waals surface area contributed by atoms with Crippen molar-refractivity contribution in [3.63, 3.8) is 0 Å². The van der Waals surface area contributed by atoms with Gasteiger partial charge in [-0.2, -0.15) is 0 Å². The predicted octanol–water partition coefficient (Wildman–Crippen LogP) is 13.0. The number of aromatic nitrogens is 3. The van der Waals surface area contributed by atoms with Gasteiger partial charge in [-0.25, -0.2) is 34.1 Å². The lowest BCUT2D eigenvalue weighted by Gasteiger charge is -2.35. The van der Waals surface area contributed by atoms with E-state index >= 15 is 0 Å². The Morgan fingerprint density at radius 1 is 0.505 bits per heavy atom. The second-order valence-corrected chi connectivity index (χ2v) is 26.5. The van der Waals surface area contributed by atoms with Gasteiger partial charge in [0.2, 0.25) is 7.59 Å². The fourth-order valence-electron chi connectivity index (χ4n) is 8.70. The number of halogens is 7. The number of Topliss-reactive ketones (excluding diaryl/α,β-unsaturated/α-hetero) is 1. The molecule has 0 spiro atoms. The van der Waals surface area contributed by atoms with Gasteiger partial charge in [-0.15, -0.1) is 0 Å². The first-order chi connectivity index (χ1) is 44.4. The minimum absolute atomic E-state index is 0. The number of alkyl halides is 6. The summed E-state index contributed by atoms with van der Waals surface area (Å²) in [5.41, 5.74) is 5.01. The summed E-state index contributed by atoms with van der Waals surface area (Å²) < 4.78 is 23.0. The number of likely N-dealkylation sites (N-methyl/N-ethyl adjacent to an activating group) is 1. The van der Waals surface area contributed by atoms with Gasteiger partial charge in [0.05, 0.1) is 20.7 Å². The number of quaternary nitrogens is 1. The largest absolute Gasteiger partial charge is 1.00 e. The fourth-order valence-corrected chi connectivity index (χ4v) is 9.21. The van der Waals surface area contributed by atoms with E-state index in [2.05, 4.69) is 55.4 Å². The number of nitrogens with zero attached hydrogens (tertiary/aromatic N) is 4. The van der Waals surface area contributed by atoms with Crippen LogP contribution in [0, 0.1) is 0 Å². The molecule has 1 saturated carbocycles. The van der Waals surface area contributed by atoms with E-state index in [9.17, 15) is 33.6 Å². The van der Waals surface area contributed by atoms with Crippen LogP contribution in [0.4, 0.5) is 0 Å². The third kappa shape index (κ3) is 26.5. The molecule has 23 heteroatoms. The van der Waals surface area contributed by atoms with Crippen LogP contribution >= 0.6 is 69.6 Å². The van der Waals surface area contributed by atoms with E-state index in [0.29, 0.717) is 73.7 Å². The van der Waals surface area contributed by atoms with Gasteiger partial charge < -0.3 is 45.1 Å². The van der Waals surface area contributed by atoms with Gasteiger partial charge in [-0.05, 0) is 82.1 Å². The Labute approximate surface area is 594 Å². The van der Waals surface area contributed by atoms with E-state index < -0.39 is 37.1 Å². The summed E-state index contributed by atoms with van der Waals surface area (Å²) in [6.07, 6.45) is 5.68. The average Bonchev–Trinajstić information content (AvgIpc) is 0.831. The monoisotopic (exact) mass is 1470 g/mol. The molecule has 0 radical (unpaired) electrons. The number of carbonyl (C=O) groups is 7. The lowest BCUT2D eigenvalue weighted by Crippen LogP contribution is -3.00. The summed E-state index contributed by atoms with van der Waals surface area (Å²) in [5.74, 6) is -1.46. The highest BCUT2D eigenvalue weighted by atomic mass is 79.9. The molecule has 8 rings (SSSR count). The highest BCUT2D eigenvalue weighted by Crippen LogP contribution is 2.41. The second-order valence-electron chi connectivity index (χ2n) is 22.0. The molecule has 0 atom stereocenters. The van der Waals surface area contributed by atoms with Gasteiger partial charge in [0.15, 0.2) is 34.8 Å². The van der Waals surface area contributed by atoms with Crippen molar-refractivity contribution < 1.29 is 78.7 Å². The van der Waals surface area contributed by atoms with Crippen LogP contribution in [0.1, 0.15) is 112 Å². The fraction of sp³-hybridized carbons (Fsp3) is 0.250. The third-order valence-electron chi connectivity index (χ3n) is 13.7. The number of hydrogen-bond donors (Lipinski definition) is 0. The highest BCUT2D eigenvalue weighted by Gasteiger charge is 2.41. The van der Waals surface area contributed by atoms with E-state index in [0.717, 1.165) is 44.2 Å². The van der Waals surface area contributed by atoms with Crippen molar-refractivity contribution in [1.29, 1.82) is 0 Å². The van der Waals surface area contributed by atoms with Gasteiger partial charge in [0.25, 0.3) is 0 Å². The molecule has 6 aromatic carbocycles. The first-order valence-electron chi connectivity index (χ1n) is 29.2. The zero-order valence-corrected chi connectivity index (χ0v) is 59.0. The first kappa shape index (κ1) is 79.8. The molecule has 1 aromatic heterocycles. The maximum absolute atomic E-state index is 12.9. The van der Waals surface area contributed by atoms with Crippen LogP contribution in [0.25, 0.3) is 11.4 Å². The molecule has 7 aromatic rings. The van der Waals surface area contributed by atoms with Crippen LogP contribution in [0.15, 0.2) is 213 Å². The summed E-state index contributed by atoms with van der Waals surface area (Å²) in [4.78, 5) is 94.9. The number of benzene rings is 6. The van der Waals surface area contributed by atoms with E-state index in [1.54, 1.807) is 62.4 Å². The van der Waals surface area contributed by atoms with Crippen molar-refractivity contribution in [2.24, 2.45) is 0 Å². The van der Waals surface area contributed by atoms with E-state index in [1.165, 1.54) is 25.1 Å². The number of rotatable bonds is 22. The summed E-state index contributed by atoms with van der Waals surface area (Å²) in [6.45, 7) is 20.8. The molecule has 0 saturated heterocycles. The van der Waals surface area contributed by atoms with Crippen LogP contribution in [0.2, 0.25) is 0 Å². The second kappa shape index (κ2) is 38.2. The Balaban J connectivity index is 0.000000270. The molecule has 0 unspecified atom stereocenters. The lowest BCUT2D eigenvalue weighted by molar-refractivity contribution is -0.903. The van der Waals surface area contributed by atoms with Crippen LogP contribution in [-0.4, -0.2) is 107 Å². The smallest absolute Gasteiger partial charge is 0.338 e. The average molecular weight is 1480 g/mol. The Kier molecular flexibility index (Phi) is 32.0. The molecule has 1 fully saturated rings. The molecule has 500 valence electrons. The zero-order chi connectivity index (χ0) is 69.2. The maximum atomic E-state index is 12.9. The third-order valence-corrected chi connectivity index (χ3v) is 14.7. The molecule has 95 heavy (non-hydrogen) atoms. The molecular formula is C72H71BrCl6N4O12. The molecule has 0 N–H and O–H groups in total. The minimum Gasteiger partial charge on any atom is -1.00 e. The molecule has 16 nitrogen and oxygen atoms in total. The van der Waals surface area contributed by atoms with E-state index in [4.69, 9.17) is 93.3 Å². The number of carbonyl (C=O) groups excluding carboxylic acids is 7. The molecule has 1 aliphatic rings. The summed E-state index contributed by atoms with van der Waals surface area (Å²) >= 11 is 35.0. The number of hydrogen-bond acceptors (Lipinski definition) is 15. The van der Waals surface area contributed by atoms with Crippen molar-refractivity contribution in [3.8, 4) is 22.9 Å². The summed E-state index contributed by atoms with van der Waals surface area (Å²) in [7, 11) is 4.15. The highest BCUT2D eigenvalue weighted by molar-refractivity contribution is 6.67. The number of ketones is 3. The van der Waals surface area contributed by atoms with E-state index in [-0.39, 0.29) is 70.6 Å². The first-order valence-corrected chi connectivity index (χ1v) is 31.5. The zero-order valence-electron chi connectivity index (χ0n) is 52.9. The quantitative estimate of drug-likeness (QED) is 0.0118. The molecule has 0 amide bonds. The normalized spacial score (nSPS) is 12.2. The molecule has 0 aliphatic heterocycles. The van der Waals surface area contributed by atoms with E-state index in [1.807, 2.05) is 103 Å². The SMILES string of the molecule is C=C(C)C(=O)OCCOC1(C(=O)c2ccccc2)CCCCC1.C=C(C)C(=O)Oc1ccc(-c2nc(C(Cl)(Cl)Cl)nc(C(Cl)(Cl)Cl)n2)cc1.C=C(C)C(=O)Oc1ccc(C(=O)c2ccccc2)cc1.C=CC(=O)OCC[N+](C)(C)Cc1ccc(C(=O)c2ccccc2)cc1.[Br-]. The van der Waals surface area contributed by atoms with Gasteiger partial charge in [0.1, 0.15) is 43.4 Å². The molecule has 1 aliphatic carbocycles. The Morgan fingerprint density at radius 3 is 1.32 bits per heavy atom. The lowest BCUT2D eigenvalue weighted by atomic mass is 9.79. The van der Waals surface area contributed by atoms with Crippen LogP contribution in [-0.2, 0) is 47.5 Å². The van der Waals surface area contributed by atoms with Gasteiger partial charge in [0, 0.05) is 61.7 Å².